The smallest absolute Gasteiger partial charge is 0.382 e. The molecule has 1 unspecified atom stereocenters. The number of phosphoric ester groups is 1. The molecule has 0 saturated carbocycles. The molecule has 190 valence electrons. The third-order valence-corrected chi connectivity index (χ3v) is 7.84. The molecule has 1 aliphatic rings. The molecule has 1 fully saturated rings. The van der Waals surface area contributed by atoms with E-state index >= 15 is 0 Å². The van der Waals surface area contributed by atoms with Crippen molar-refractivity contribution in [2.75, 3.05) is 25.6 Å². The van der Waals surface area contributed by atoms with Crippen molar-refractivity contribution in [3.8, 4) is 0 Å². The molecule has 0 radical (unpaired) electrons. The number of phosphoric acid groups is 1. The van der Waals surface area contributed by atoms with E-state index < -0.39 is 13.9 Å². The van der Waals surface area contributed by atoms with E-state index in [9.17, 15) is 4.57 Å². The van der Waals surface area contributed by atoms with Crippen LogP contribution in [0.1, 0.15) is 31.2 Å². The number of para-hydroxylation sites is 1. The van der Waals surface area contributed by atoms with Crippen molar-refractivity contribution in [1.29, 1.82) is 0 Å². The van der Waals surface area contributed by atoms with Gasteiger partial charge in [0.05, 0.1) is 36.9 Å². The van der Waals surface area contributed by atoms with Crippen molar-refractivity contribution in [1.82, 2.24) is 14.5 Å². The number of imidazole rings is 1. The van der Waals surface area contributed by atoms with Crippen molar-refractivity contribution < 1.29 is 22.9 Å². The monoisotopic (exact) mass is 530 g/mol. The number of hydrogen-bond acceptors (Lipinski definition) is 8. The van der Waals surface area contributed by atoms with Crippen LogP contribution < -0.4 is 5.73 Å². The maximum atomic E-state index is 13.2. The minimum atomic E-state index is -3.75. The molecule has 9 nitrogen and oxygen atoms in total. The Balaban J connectivity index is 1.38. The van der Waals surface area contributed by atoms with Crippen LogP contribution in [0.15, 0.2) is 48.5 Å². The zero-order chi connectivity index (χ0) is 25.3. The van der Waals surface area contributed by atoms with Gasteiger partial charge in [-0.25, -0.2) is 14.5 Å². The van der Waals surface area contributed by atoms with Gasteiger partial charge in [0.25, 0.3) is 0 Å². The van der Waals surface area contributed by atoms with E-state index in [-0.39, 0.29) is 25.7 Å². The minimum absolute atomic E-state index is 0.0816. The zero-order valence-corrected chi connectivity index (χ0v) is 21.7. The highest BCUT2D eigenvalue weighted by molar-refractivity contribution is 7.48. The summed E-state index contributed by atoms with van der Waals surface area (Å²) in [5.74, 6) is 0.936. The topological polar surface area (TPSA) is 111 Å². The van der Waals surface area contributed by atoms with Crippen molar-refractivity contribution in [2.24, 2.45) is 0 Å². The molecule has 0 aliphatic carbocycles. The van der Waals surface area contributed by atoms with Crippen molar-refractivity contribution >= 4 is 47.2 Å². The fourth-order valence-corrected chi connectivity index (χ4v) is 6.01. The van der Waals surface area contributed by atoms with E-state index in [1.54, 1.807) is 6.07 Å². The second-order valence-corrected chi connectivity index (χ2v) is 10.8. The van der Waals surface area contributed by atoms with Crippen molar-refractivity contribution in [3.63, 3.8) is 0 Å². The Morgan fingerprint density at radius 2 is 1.97 bits per heavy atom. The predicted molar refractivity (Wildman–Crippen MR) is 139 cm³/mol. The highest BCUT2D eigenvalue weighted by Crippen LogP contribution is 2.54. The van der Waals surface area contributed by atoms with Gasteiger partial charge in [-0.3, -0.25) is 13.6 Å². The van der Waals surface area contributed by atoms with Crippen molar-refractivity contribution in [3.05, 3.63) is 64.9 Å². The van der Waals surface area contributed by atoms with E-state index in [0.29, 0.717) is 35.3 Å². The summed E-state index contributed by atoms with van der Waals surface area (Å²) in [5.41, 5.74) is 9.40. The number of fused-ring (bicyclic) bond motifs is 3. The molecule has 1 saturated heterocycles. The van der Waals surface area contributed by atoms with Crippen LogP contribution in [0.25, 0.3) is 21.9 Å². The summed E-state index contributed by atoms with van der Waals surface area (Å²) < 4.78 is 38.0. The van der Waals surface area contributed by atoms with Gasteiger partial charge in [0.2, 0.25) is 0 Å². The molecule has 2 N–H and O–H groups in total. The fourth-order valence-electron chi connectivity index (χ4n) is 4.38. The second kappa shape index (κ2) is 10.5. The van der Waals surface area contributed by atoms with Crippen LogP contribution in [-0.2, 0) is 36.0 Å². The first-order chi connectivity index (χ1) is 17.4. The molecular formula is C25H28ClN4O5P. The van der Waals surface area contributed by atoms with Crippen LogP contribution in [0, 0.1) is 0 Å². The molecule has 0 spiro atoms. The number of hydrogen-bond donors (Lipinski definition) is 1. The lowest BCUT2D eigenvalue weighted by atomic mass is 10.0. The SMILES string of the molecule is CCOCc1nc2c(N)nc3ccccc3c2n1CC(C)OP1(=O)OCC(c2cccc(Cl)c2)CO1. The number of benzene rings is 2. The molecule has 3 heterocycles. The molecule has 2 aromatic heterocycles. The van der Waals surface area contributed by atoms with Crippen LogP contribution in [0.2, 0.25) is 5.02 Å². The molecule has 1 aliphatic heterocycles. The highest BCUT2D eigenvalue weighted by atomic mass is 35.5. The molecule has 0 bridgehead atoms. The number of rotatable bonds is 8. The van der Waals surface area contributed by atoms with Gasteiger partial charge in [-0.05, 0) is 37.6 Å². The molecule has 36 heavy (non-hydrogen) atoms. The first-order valence-corrected chi connectivity index (χ1v) is 13.6. The Kier molecular flexibility index (Phi) is 7.30. The van der Waals surface area contributed by atoms with Crippen LogP contribution in [-0.4, -0.2) is 40.5 Å². The highest BCUT2D eigenvalue weighted by Gasteiger charge is 2.36. The standard InChI is InChI=1S/C25H28ClN4O5P/c1-3-32-15-22-29-23-24(20-9-4-5-10-21(20)28-25(23)27)30(22)12-16(2)35-36(31)33-13-18(14-34-36)17-7-6-8-19(26)11-17/h4-11,16,18H,3,12-15H2,1-2H3,(H2,27,28). The van der Waals surface area contributed by atoms with Crippen LogP contribution in [0.3, 0.4) is 0 Å². The number of nitrogens with two attached hydrogens (primary N) is 1. The summed E-state index contributed by atoms with van der Waals surface area (Å²) in [6.45, 7) is 5.32. The van der Waals surface area contributed by atoms with Crippen LogP contribution >= 0.6 is 19.4 Å². The van der Waals surface area contributed by atoms with Gasteiger partial charge in [-0.2, -0.15) is 0 Å². The third kappa shape index (κ3) is 5.13. The van der Waals surface area contributed by atoms with Gasteiger partial charge in [0.15, 0.2) is 5.82 Å². The quantitative estimate of drug-likeness (QED) is 0.289. The molecule has 4 aromatic rings. The molecule has 1 atom stereocenters. The largest absolute Gasteiger partial charge is 0.475 e. The Morgan fingerprint density at radius 1 is 1.19 bits per heavy atom. The van der Waals surface area contributed by atoms with E-state index in [2.05, 4.69) is 4.98 Å². The average molecular weight is 531 g/mol. The molecule has 5 rings (SSSR count). The Hall–Kier alpha value is -2.52. The van der Waals surface area contributed by atoms with Crippen molar-refractivity contribution in [2.45, 2.75) is 39.0 Å². The first-order valence-electron chi connectivity index (χ1n) is 11.8. The molecular weight excluding hydrogens is 503 g/mol. The van der Waals surface area contributed by atoms with E-state index in [4.69, 9.17) is 40.6 Å². The first kappa shape index (κ1) is 25.1. The van der Waals surface area contributed by atoms with E-state index in [1.807, 2.05) is 60.9 Å². The summed E-state index contributed by atoms with van der Waals surface area (Å²) in [7, 11) is -3.75. The number of anilines is 1. The summed E-state index contributed by atoms with van der Waals surface area (Å²) in [6, 6.07) is 15.2. The average Bonchev–Trinajstić information content (AvgIpc) is 3.21. The van der Waals surface area contributed by atoms with E-state index in [1.165, 1.54) is 0 Å². The molecule has 11 heteroatoms. The Bertz CT molecular complexity index is 1430. The lowest BCUT2D eigenvalue weighted by molar-refractivity contribution is 0.0380. The fraction of sp³-hybridized carbons (Fsp3) is 0.360. The summed E-state index contributed by atoms with van der Waals surface area (Å²) in [6.07, 6.45) is -0.524. The van der Waals surface area contributed by atoms with Gasteiger partial charge >= 0.3 is 7.82 Å². The third-order valence-electron chi connectivity index (χ3n) is 6.06. The number of nitrogen functional groups attached to an aromatic ring is 1. The van der Waals surface area contributed by atoms with Gasteiger partial charge in [-0.1, -0.05) is 41.9 Å². The molecule has 0 amide bonds. The van der Waals surface area contributed by atoms with E-state index in [0.717, 1.165) is 22.0 Å². The summed E-state index contributed by atoms with van der Waals surface area (Å²) >= 11 is 6.10. The summed E-state index contributed by atoms with van der Waals surface area (Å²) in [5, 5.41) is 1.54. The predicted octanol–water partition coefficient (Wildman–Crippen LogP) is 5.70. The maximum absolute atomic E-state index is 13.2. The number of ether oxygens (including phenoxy) is 1. The Labute approximate surface area is 214 Å². The number of halogens is 1. The van der Waals surface area contributed by atoms with Crippen LogP contribution in [0.4, 0.5) is 5.82 Å². The molecule has 2 aromatic carbocycles. The Morgan fingerprint density at radius 3 is 2.72 bits per heavy atom. The van der Waals surface area contributed by atoms with Gasteiger partial charge in [0, 0.05) is 22.9 Å². The van der Waals surface area contributed by atoms with Gasteiger partial charge < -0.3 is 15.0 Å². The normalized spacial score (nSPS) is 21.2. The minimum Gasteiger partial charge on any atom is -0.382 e. The van der Waals surface area contributed by atoms with Gasteiger partial charge in [-0.15, -0.1) is 0 Å². The number of nitrogens with zero attached hydrogens (tertiary/aromatic N) is 3. The number of pyridine rings is 1. The van der Waals surface area contributed by atoms with Crippen LogP contribution in [0.5, 0.6) is 0 Å². The lowest BCUT2D eigenvalue weighted by Gasteiger charge is -2.30. The number of aromatic nitrogens is 3. The zero-order valence-electron chi connectivity index (χ0n) is 20.1. The lowest BCUT2D eigenvalue weighted by Crippen LogP contribution is -2.24. The van der Waals surface area contributed by atoms with Gasteiger partial charge in [0.1, 0.15) is 17.9 Å². The summed E-state index contributed by atoms with van der Waals surface area (Å²) in [4.78, 5) is 9.22. The second-order valence-electron chi connectivity index (χ2n) is 8.69. The maximum Gasteiger partial charge on any atom is 0.475 e.